The van der Waals surface area contributed by atoms with Crippen LogP contribution in [0.2, 0.25) is 0 Å². The Balaban J connectivity index is 1.75. The topological polar surface area (TPSA) is 69.6 Å². The smallest absolute Gasteiger partial charge is 0.317 e. The molecule has 21 heavy (non-hydrogen) atoms. The Labute approximate surface area is 127 Å². The predicted octanol–water partition coefficient (Wildman–Crippen LogP) is 2.85. The highest BCUT2D eigenvalue weighted by atomic mass is 16.4. The van der Waals surface area contributed by atoms with Crippen LogP contribution in [0.5, 0.6) is 0 Å². The number of carbonyl (C=O) groups is 2. The maximum Gasteiger partial charge on any atom is 0.317 e. The van der Waals surface area contributed by atoms with Crippen LogP contribution < -0.4 is 5.32 Å². The van der Waals surface area contributed by atoms with E-state index in [4.69, 9.17) is 5.11 Å². The molecule has 2 amide bonds. The van der Waals surface area contributed by atoms with Gasteiger partial charge in [-0.05, 0) is 44.4 Å². The number of amides is 2. The minimum Gasteiger partial charge on any atom is -0.481 e. The van der Waals surface area contributed by atoms with Crippen molar-refractivity contribution in [1.82, 2.24) is 10.2 Å². The van der Waals surface area contributed by atoms with Gasteiger partial charge in [-0.2, -0.15) is 0 Å². The molecule has 2 aliphatic rings. The zero-order valence-corrected chi connectivity index (χ0v) is 13.0. The third-order valence-electron chi connectivity index (χ3n) is 4.93. The number of piperidine rings is 1. The fraction of sp³-hybridized carbons (Fsp3) is 0.875. The number of carbonyl (C=O) groups excluding carboxylic acids is 1. The van der Waals surface area contributed by atoms with E-state index in [1.165, 1.54) is 25.7 Å². The predicted molar refractivity (Wildman–Crippen MR) is 81.1 cm³/mol. The van der Waals surface area contributed by atoms with Crippen LogP contribution in [0.1, 0.15) is 58.3 Å². The highest BCUT2D eigenvalue weighted by Gasteiger charge is 2.29. The lowest BCUT2D eigenvalue weighted by atomic mass is 9.83. The van der Waals surface area contributed by atoms with Gasteiger partial charge in [-0.3, -0.25) is 4.79 Å². The van der Waals surface area contributed by atoms with Crippen LogP contribution in [-0.2, 0) is 4.79 Å². The zero-order chi connectivity index (χ0) is 15.2. The molecule has 1 aliphatic heterocycles. The average molecular weight is 296 g/mol. The van der Waals surface area contributed by atoms with E-state index in [2.05, 4.69) is 12.2 Å². The summed E-state index contributed by atoms with van der Waals surface area (Å²) in [6.07, 6.45) is 8.54. The zero-order valence-electron chi connectivity index (χ0n) is 13.0. The van der Waals surface area contributed by atoms with Crippen molar-refractivity contribution >= 4 is 12.0 Å². The third kappa shape index (κ3) is 4.61. The standard InChI is InChI=1S/C16H28N2O3/c1-2-4-12-6-8-14(9-7-12)17-16(21)18-10-3-5-13(11-18)15(19)20/h12-14H,2-11H2,1H3,(H,17,21)(H,19,20)/t12?,13-,14?/m1/s1. The summed E-state index contributed by atoms with van der Waals surface area (Å²) in [5.41, 5.74) is 0. The van der Waals surface area contributed by atoms with Gasteiger partial charge < -0.3 is 15.3 Å². The SMILES string of the molecule is CCCC1CCC(NC(=O)N2CCC[C@@H](C(=O)O)C2)CC1. The molecule has 0 aromatic carbocycles. The monoisotopic (exact) mass is 296 g/mol. The van der Waals surface area contributed by atoms with Crippen molar-refractivity contribution in [3.63, 3.8) is 0 Å². The van der Waals surface area contributed by atoms with Gasteiger partial charge in [0.1, 0.15) is 0 Å². The van der Waals surface area contributed by atoms with Gasteiger partial charge in [-0.15, -0.1) is 0 Å². The van der Waals surface area contributed by atoms with Crippen molar-refractivity contribution < 1.29 is 14.7 Å². The summed E-state index contributed by atoms with van der Waals surface area (Å²) >= 11 is 0. The molecule has 0 aromatic heterocycles. The normalized spacial score (nSPS) is 30.0. The minimum absolute atomic E-state index is 0.0695. The molecule has 1 atom stereocenters. The van der Waals surface area contributed by atoms with Crippen LogP contribution in [0.15, 0.2) is 0 Å². The van der Waals surface area contributed by atoms with Crippen LogP contribution in [0.25, 0.3) is 0 Å². The van der Waals surface area contributed by atoms with E-state index >= 15 is 0 Å². The fourth-order valence-electron chi connectivity index (χ4n) is 3.63. The van der Waals surface area contributed by atoms with Crippen molar-refractivity contribution in [3.05, 3.63) is 0 Å². The molecule has 0 aromatic rings. The number of likely N-dealkylation sites (tertiary alicyclic amines) is 1. The Kier molecular flexibility index (Phi) is 5.88. The molecule has 120 valence electrons. The van der Waals surface area contributed by atoms with Crippen molar-refractivity contribution in [2.24, 2.45) is 11.8 Å². The van der Waals surface area contributed by atoms with Gasteiger partial charge in [0.05, 0.1) is 5.92 Å². The first kappa shape index (κ1) is 16.1. The molecular weight excluding hydrogens is 268 g/mol. The summed E-state index contributed by atoms with van der Waals surface area (Å²) in [6, 6.07) is 0.204. The van der Waals surface area contributed by atoms with E-state index in [0.717, 1.165) is 25.2 Å². The second-order valence-corrected chi connectivity index (χ2v) is 6.58. The van der Waals surface area contributed by atoms with E-state index in [1.54, 1.807) is 4.90 Å². The van der Waals surface area contributed by atoms with Crippen LogP contribution >= 0.6 is 0 Å². The number of rotatable bonds is 4. The second-order valence-electron chi connectivity index (χ2n) is 6.58. The molecule has 0 bridgehead atoms. The average Bonchev–Trinajstić information content (AvgIpc) is 2.49. The number of carboxylic acid groups (broad SMARTS) is 1. The Morgan fingerprint density at radius 3 is 2.52 bits per heavy atom. The van der Waals surface area contributed by atoms with Crippen LogP contribution in [0.3, 0.4) is 0 Å². The molecule has 0 radical (unpaired) electrons. The van der Waals surface area contributed by atoms with Crippen LogP contribution in [0, 0.1) is 11.8 Å². The molecule has 5 heteroatoms. The summed E-state index contributed by atoms with van der Waals surface area (Å²) < 4.78 is 0. The lowest BCUT2D eigenvalue weighted by Crippen LogP contribution is -2.50. The van der Waals surface area contributed by atoms with Gasteiger partial charge in [0.25, 0.3) is 0 Å². The number of hydrogen-bond donors (Lipinski definition) is 2. The molecule has 1 saturated carbocycles. The van der Waals surface area contributed by atoms with Gasteiger partial charge in [-0.25, -0.2) is 4.79 Å². The maximum absolute atomic E-state index is 12.3. The quantitative estimate of drug-likeness (QED) is 0.838. The number of nitrogens with zero attached hydrogens (tertiary/aromatic N) is 1. The third-order valence-corrected chi connectivity index (χ3v) is 4.93. The minimum atomic E-state index is -0.785. The molecule has 2 N–H and O–H groups in total. The molecule has 1 saturated heterocycles. The Morgan fingerprint density at radius 1 is 1.19 bits per heavy atom. The van der Waals surface area contributed by atoms with Crippen molar-refractivity contribution in [2.75, 3.05) is 13.1 Å². The Bertz CT molecular complexity index is 365. The molecular formula is C16H28N2O3. The van der Waals surface area contributed by atoms with E-state index < -0.39 is 11.9 Å². The lowest BCUT2D eigenvalue weighted by molar-refractivity contribution is -0.143. The number of aliphatic carboxylic acids is 1. The molecule has 2 rings (SSSR count). The Hall–Kier alpha value is -1.26. The number of carboxylic acids is 1. The van der Waals surface area contributed by atoms with Crippen molar-refractivity contribution in [3.8, 4) is 0 Å². The van der Waals surface area contributed by atoms with E-state index in [1.807, 2.05) is 0 Å². The van der Waals surface area contributed by atoms with Gasteiger partial charge in [-0.1, -0.05) is 19.8 Å². The van der Waals surface area contributed by atoms with Gasteiger partial charge in [0.15, 0.2) is 0 Å². The second kappa shape index (κ2) is 7.66. The highest BCUT2D eigenvalue weighted by molar-refractivity contribution is 5.76. The summed E-state index contributed by atoms with van der Waals surface area (Å²) in [5.74, 6) is -0.355. The molecule has 5 nitrogen and oxygen atoms in total. The van der Waals surface area contributed by atoms with Crippen molar-refractivity contribution in [2.45, 2.75) is 64.3 Å². The van der Waals surface area contributed by atoms with Crippen LogP contribution in [-0.4, -0.2) is 41.1 Å². The molecule has 1 heterocycles. The highest BCUT2D eigenvalue weighted by Crippen LogP contribution is 2.28. The molecule has 0 unspecified atom stereocenters. The number of hydrogen-bond acceptors (Lipinski definition) is 2. The summed E-state index contributed by atoms with van der Waals surface area (Å²) in [6.45, 7) is 3.26. The van der Waals surface area contributed by atoms with Gasteiger partial charge >= 0.3 is 12.0 Å². The maximum atomic E-state index is 12.3. The van der Waals surface area contributed by atoms with Crippen LogP contribution in [0.4, 0.5) is 4.79 Å². The van der Waals surface area contributed by atoms with Crippen molar-refractivity contribution in [1.29, 1.82) is 0 Å². The number of urea groups is 1. The summed E-state index contributed by atoms with van der Waals surface area (Å²) in [4.78, 5) is 25.0. The molecule has 0 spiro atoms. The molecule has 1 aliphatic carbocycles. The largest absolute Gasteiger partial charge is 0.481 e. The van der Waals surface area contributed by atoms with E-state index in [0.29, 0.717) is 19.5 Å². The number of nitrogens with one attached hydrogen (secondary N) is 1. The molecule has 2 fully saturated rings. The van der Waals surface area contributed by atoms with E-state index in [-0.39, 0.29) is 12.1 Å². The van der Waals surface area contributed by atoms with Gasteiger partial charge in [0.2, 0.25) is 0 Å². The first-order valence-electron chi connectivity index (χ1n) is 8.38. The summed E-state index contributed by atoms with van der Waals surface area (Å²) in [7, 11) is 0. The summed E-state index contributed by atoms with van der Waals surface area (Å²) in [5, 5.41) is 12.2. The van der Waals surface area contributed by atoms with E-state index in [9.17, 15) is 9.59 Å². The Morgan fingerprint density at radius 2 is 1.90 bits per heavy atom. The first-order chi connectivity index (χ1) is 10.1. The fourth-order valence-corrected chi connectivity index (χ4v) is 3.63. The first-order valence-corrected chi connectivity index (χ1v) is 8.38. The van der Waals surface area contributed by atoms with Gasteiger partial charge in [0, 0.05) is 19.1 Å². The lowest BCUT2D eigenvalue weighted by Gasteiger charge is -2.34.